The minimum absolute atomic E-state index is 0.0605. The Kier molecular flexibility index (Phi) is 3.63. The highest BCUT2D eigenvalue weighted by Gasteiger charge is 2.08. The molecule has 0 bridgehead atoms. The normalized spacial score (nSPS) is 10.1. The second kappa shape index (κ2) is 4.53. The summed E-state index contributed by atoms with van der Waals surface area (Å²) in [5.41, 5.74) is 1.30. The lowest BCUT2D eigenvalue weighted by Crippen LogP contribution is -2.02. The van der Waals surface area contributed by atoms with Crippen molar-refractivity contribution in [2.45, 2.75) is 20.0 Å². The van der Waals surface area contributed by atoms with Crippen LogP contribution in [-0.4, -0.2) is 10.9 Å². The van der Waals surface area contributed by atoms with Crippen LogP contribution in [0.1, 0.15) is 29.3 Å². The Morgan fingerprint density at radius 2 is 2.23 bits per heavy atom. The maximum Gasteiger partial charge on any atom is 0.163 e. The molecule has 0 aliphatic heterocycles. The van der Waals surface area contributed by atoms with Gasteiger partial charge in [-0.1, -0.05) is 28.9 Å². The van der Waals surface area contributed by atoms with E-state index < -0.39 is 0 Å². The van der Waals surface area contributed by atoms with Crippen LogP contribution in [0.15, 0.2) is 22.7 Å². The van der Waals surface area contributed by atoms with Gasteiger partial charge in [0.1, 0.15) is 0 Å². The third-order valence-corrected chi connectivity index (χ3v) is 2.36. The van der Waals surface area contributed by atoms with E-state index in [0.717, 1.165) is 4.47 Å². The summed E-state index contributed by atoms with van der Waals surface area (Å²) in [6, 6.07) is 5.32. The lowest BCUT2D eigenvalue weighted by Gasteiger charge is -2.05. The molecule has 1 rings (SSSR count). The number of carbonyl (C=O) groups excluding carboxylic acids is 1. The predicted molar refractivity (Wildman–Crippen MR) is 54.7 cm³/mol. The Hall–Kier alpha value is -0.670. The van der Waals surface area contributed by atoms with Gasteiger partial charge in [-0.05, 0) is 17.7 Å². The molecular formula is C10H11BrO2. The summed E-state index contributed by atoms with van der Waals surface area (Å²) < 4.78 is 0.863. The molecule has 0 aromatic heterocycles. The molecule has 70 valence electrons. The van der Waals surface area contributed by atoms with E-state index in [9.17, 15) is 4.79 Å². The van der Waals surface area contributed by atoms with Gasteiger partial charge in [-0.15, -0.1) is 0 Å². The second-order valence-corrected chi connectivity index (χ2v) is 3.65. The van der Waals surface area contributed by atoms with Crippen molar-refractivity contribution in [3.8, 4) is 0 Å². The number of hydrogen-bond acceptors (Lipinski definition) is 2. The predicted octanol–water partition coefficient (Wildman–Crippen LogP) is 2.53. The van der Waals surface area contributed by atoms with Gasteiger partial charge in [-0.25, -0.2) is 0 Å². The lowest BCUT2D eigenvalue weighted by molar-refractivity contribution is 0.0985. The average Bonchev–Trinajstić information content (AvgIpc) is 2.16. The monoisotopic (exact) mass is 242 g/mol. The number of halogens is 1. The fourth-order valence-corrected chi connectivity index (χ4v) is 1.50. The molecule has 0 aliphatic rings. The Balaban J connectivity index is 3.15. The largest absolute Gasteiger partial charge is 0.392 e. The minimum atomic E-state index is -0.0889. The molecule has 0 unspecified atom stereocenters. The minimum Gasteiger partial charge on any atom is -0.392 e. The van der Waals surface area contributed by atoms with Crippen molar-refractivity contribution in [2.75, 3.05) is 0 Å². The third kappa shape index (κ3) is 2.39. The topological polar surface area (TPSA) is 37.3 Å². The highest BCUT2D eigenvalue weighted by Crippen LogP contribution is 2.18. The van der Waals surface area contributed by atoms with E-state index in [1.165, 1.54) is 0 Å². The summed E-state index contributed by atoms with van der Waals surface area (Å²) in [5.74, 6) is 0.0605. The number of aliphatic hydroxyl groups is 1. The van der Waals surface area contributed by atoms with Crippen LogP contribution in [0.5, 0.6) is 0 Å². The molecule has 0 saturated carbocycles. The van der Waals surface area contributed by atoms with Crippen LogP contribution >= 0.6 is 15.9 Å². The molecule has 2 nitrogen and oxygen atoms in total. The van der Waals surface area contributed by atoms with Gasteiger partial charge < -0.3 is 5.11 Å². The fraction of sp³-hybridized carbons (Fsp3) is 0.300. The van der Waals surface area contributed by atoms with E-state index in [-0.39, 0.29) is 12.4 Å². The van der Waals surface area contributed by atoms with Crippen molar-refractivity contribution in [3.63, 3.8) is 0 Å². The van der Waals surface area contributed by atoms with Gasteiger partial charge >= 0.3 is 0 Å². The highest BCUT2D eigenvalue weighted by atomic mass is 79.9. The standard InChI is InChI=1S/C10H11BrO2/c1-2-10(13)9-5-8(11)4-3-7(9)6-12/h3-5,12H,2,6H2,1H3. The zero-order valence-corrected chi connectivity index (χ0v) is 8.97. The Morgan fingerprint density at radius 1 is 1.54 bits per heavy atom. The maximum absolute atomic E-state index is 11.4. The molecule has 0 aliphatic carbocycles. The average molecular weight is 243 g/mol. The molecule has 0 spiro atoms. The smallest absolute Gasteiger partial charge is 0.163 e. The molecule has 3 heteroatoms. The Bertz CT molecular complexity index is 321. The molecule has 1 N–H and O–H groups in total. The molecule has 1 aromatic carbocycles. The van der Waals surface area contributed by atoms with Crippen LogP contribution in [0.25, 0.3) is 0 Å². The number of aliphatic hydroxyl groups excluding tert-OH is 1. The second-order valence-electron chi connectivity index (χ2n) is 2.74. The van der Waals surface area contributed by atoms with Crippen molar-refractivity contribution in [1.82, 2.24) is 0 Å². The Labute approximate surface area is 85.7 Å². The number of Topliss-reactive ketones (excluding diaryl/α,β-unsaturated/α-hetero) is 1. The molecule has 1 aromatic rings. The molecule has 0 amide bonds. The van der Waals surface area contributed by atoms with Crippen LogP contribution in [0.4, 0.5) is 0 Å². The first-order valence-corrected chi connectivity index (χ1v) is 4.90. The zero-order chi connectivity index (χ0) is 9.84. The van der Waals surface area contributed by atoms with Gasteiger partial charge in [0.2, 0.25) is 0 Å². The van der Waals surface area contributed by atoms with Crippen molar-refractivity contribution in [3.05, 3.63) is 33.8 Å². The quantitative estimate of drug-likeness (QED) is 0.828. The Morgan fingerprint density at radius 3 is 2.77 bits per heavy atom. The first-order chi connectivity index (χ1) is 6.19. The summed E-state index contributed by atoms with van der Waals surface area (Å²) in [6.45, 7) is 1.72. The van der Waals surface area contributed by atoms with Gasteiger partial charge in [0.15, 0.2) is 5.78 Å². The first kappa shape index (κ1) is 10.4. The van der Waals surface area contributed by atoms with Crippen LogP contribution in [0.2, 0.25) is 0 Å². The number of rotatable bonds is 3. The number of hydrogen-bond donors (Lipinski definition) is 1. The van der Waals surface area contributed by atoms with Gasteiger partial charge in [0.05, 0.1) is 6.61 Å². The zero-order valence-electron chi connectivity index (χ0n) is 7.38. The van der Waals surface area contributed by atoms with E-state index in [1.807, 2.05) is 13.0 Å². The molecule has 0 saturated heterocycles. The van der Waals surface area contributed by atoms with Crippen LogP contribution in [0.3, 0.4) is 0 Å². The maximum atomic E-state index is 11.4. The number of ketones is 1. The summed E-state index contributed by atoms with van der Waals surface area (Å²) in [6.07, 6.45) is 0.462. The van der Waals surface area contributed by atoms with Gasteiger partial charge in [0.25, 0.3) is 0 Å². The SMILES string of the molecule is CCC(=O)c1cc(Br)ccc1CO. The lowest BCUT2D eigenvalue weighted by atomic mass is 10.0. The van der Waals surface area contributed by atoms with E-state index in [0.29, 0.717) is 17.5 Å². The van der Waals surface area contributed by atoms with E-state index in [4.69, 9.17) is 5.11 Å². The van der Waals surface area contributed by atoms with Gasteiger partial charge in [-0.2, -0.15) is 0 Å². The van der Waals surface area contributed by atoms with E-state index in [2.05, 4.69) is 15.9 Å². The summed E-state index contributed by atoms with van der Waals surface area (Å²) >= 11 is 3.29. The van der Waals surface area contributed by atoms with Crippen molar-refractivity contribution < 1.29 is 9.90 Å². The van der Waals surface area contributed by atoms with Crippen molar-refractivity contribution >= 4 is 21.7 Å². The first-order valence-electron chi connectivity index (χ1n) is 4.11. The van der Waals surface area contributed by atoms with E-state index in [1.54, 1.807) is 12.1 Å². The van der Waals surface area contributed by atoms with Crippen molar-refractivity contribution in [1.29, 1.82) is 0 Å². The fourth-order valence-electron chi connectivity index (χ4n) is 1.14. The molecular weight excluding hydrogens is 232 g/mol. The molecule has 0 atom stereocenters. The molecule has 0 fully saturated rings. The molecule has 0 radical (unpaired) electrons. The summed E-state index contributed by atoms with van der Waals surface area (Å²) in [5, 5.41) is 8.99. The summed E-state index contributed by atoms with van der Waals surface area (Å²) in [7, 11) is 0. The van der Waals surface area contributed by atoms with Crippen LogP contribution < -0.4 is 0 Å². The van der Waals surface area contributed by atoms with Crippen LogP contribution in [0, 0.1) is 0 Å². The van der Waals surface area contributed by atoms with Gasteiger partial charge in [0, 0.05) is 16.5 Å². The highest BCUT2D eigenvalue weighted by molar-refractivity contribution is 9.10. The number of benzene rings is 1. The molecule has 13 heavy (non-hydrogen) atoms. The third-order valence-electron chi connectivity index (χ3n) is 1.86. The van der Waals surface area contributed by atoms with E-state index >= 15 is 0 Å². The van der Waals surface area contributed by atoms with Gasteiger partial charge in [-0.3, -0.25) is 4.79 Å². The van der Waals surface area contributed by atoms with Crippen LogP contribution in [-0.2, 0) is 6.61 Å². The number of carbonyl (C=O) groups is 1. The summed E-state index contributed by atoms with van der Waals surface area (Å²) in [4.78, 5) is 11.4. The molecule has 0 heterocycles. The van der Waals surface area contributed by atoms with Crippen molar-refractivity contribution in [2.24, 2.45) is 0 Å².